The van der Waals surface area contributed by atoms with Crippen LogP contribution in [-0.4, -0.2) is 29.6 Å². The van der Waals surface area contributed by atoms with E-state index in [1.807, 2.05) is 0 Å². The Bertz CT molecular complexity index is 358. The monoisotopic (exact) mass is 292 g/mol. The van der Waals surface area contributed by atoms with Crippen LogP contribution in [0.25, 0.3) is 0 Å². The first-order valence-corrected chi connectivity index (χ1v) is 9.21. The molecule has 120 valence electrons. The number of amides is 1. The van der Waals surface area contributed by atoms with E-state index >= 15 is 0 Å². The molecule has 0 aromatic carbocycles. The zero-order valence-corrected chi connectivity index (χ0v) is 13.8. The molecule has 2 unspecified atom stereocenters. The summed E-state index contributed by atoms with van der Waals surface area (Å²) in [5.74, 6) is 2.65. The summed E-state index contributed by atoms with van der Waals surface area (Å²) in [4.78, 5) is 15.0. The first-order chi connectivity index (χ1) is 10.1. The van der Waals surface area contributed by atoms with Gasteiger partial charge in [0.05, 0.1) is 12.2 Å². The minimum Gasteiger partial charge on any atom is -0.326 e. The first-order valence-electron chi connectivity index (χ1n) is 9.21. The highest BCUT2D eigenvalue weighted by molar-refractivity contribution is 5.84. The van der Waals surface area contributed by atoms with Gasteiger partial charge in [-0.05, 0) is 49.9 Å². The number of nitrogens with one attached hydrogen (secondary N) is 1. The number of carbonyl (C=O) groups is 1. The molecule has 3 heteroatoms. The molecule has 3 nitrogen and oxygen atoms in total. The van der Waals surface area contributed by atoms with Crippen molar-refractivity contribution in [3.63, 3.8) is 0 Å². The first kappa shape index (κ1) is 15.3. The maximum absolute atomic E-state index is 12.8. The highest BCUT2D eigenvalue weighted by Crippen LogP contribution is 2.35. The van der Waals surface area contributed by atoms with Crippen LogP contribution < -0.4 is 5.32 Å². The maximum Gasteiger partial charge on any atom is 0.241 e. The van der Waals surface area contributed by atoms with E-state index in [0.29, 0.717) is 23.9 Å². The summed E-state index contributed by atoms with van der Waals surface area (Å²) in [6.45, 7) is 5.42. The Balaban J connectivity index is 1.60. The molecule has 2 atom stereocenters. The number of nitrogens with zero attached hydrogens (tertiary/aromatic N) is 1. The van der Waals surface area contributed by atoms with Crippen molar-refractivity contribution in [3.8, 4) is 0 Å². The Morgan fingerprint density at radius 2 is 1.90 bits per heavy atom. The van der Waals surface area contributed by atoms with Crippen molar-refractivity contribution >= 4 is 5.91 Å². The van der Waals surface area contributed by atoms with Gasteiger partial charge in [-0.15, -0.1) is 0 Å². The zero-order valence-electron chi connectivity index (χ0n) is 13.8. The molecule has 0 spiro atoms. The Hall–Kier alpha value is -0.570. The summed E-state index contributed by atoms with van der Waals surface area (Å²) in [5.41, 5.74) is 0. The Morgan fingerprint density at radius 3 is 2.52 bits per heavy atom. The molecule has 3 rings (SSSR count). The molecule has 0 aromatic rings. The molecule has 2 saturated carbocycles. The van der Waals surface area contributed by atoms with Crippen LogP contribution in [-0.2, 0) is 4.79 Å². The topological polar surface area (TPSA) is 32.3 Å². The third-order valence-electron chi connectivity index (χ3n) is 5.55. The number of rotatable bonds is 7. The van der Waals surface area contributed by atoms with Crippen LogP contribution >= 0.6 is 0 Å². The Labute approximate surface area is 129 Å². The van der Waals surface area contributed by atoms with Crippen molar-refractivity contribution in [2.75, 3.05) is 6.54 Å². The van der Waals surface area contributed by atoms with Gasteiger partial charge in [-0.3, -0.25) is 10.1 Å². The summed E-state index contributed by atoms with van der Waals surface area (Å²) < 4.78 is 0. The average Bonchev–Trinajstić information content (AvgIpc) is 3.00. The molecule has 1 saturated heterocycles. The number of hydrogen-bond donors (Lipinski definition) is 1. The van der Waals surface area contributed by atoms with E-state index in [0.717, 1.165) is 18.9 Å². The molecule has 1 aliphatic heterocycles. The smallest absolute Gasteiger partial charge is 0.241 e. The van der Waals surface area contributed by atoms with Gasteiger partial charge in [-0.25, -0.2) is 0 Å². The van der Waals surface area contributed by atoms with Crippen LogP contribution in [0.5, 0.6) is 0 Å². The SMILES string of the molecule is CC(C)CC1NC(C2CCCC2)N(CCCC2CC2)C1=O. The number of hydrogen-bond acceptors (Lipinski definition) is 2. The zero-order chi connectivity index (χ0) is 14.8. The summed E-state index contributed by atoms with van der Waals surface area (Å²) >= 11 is 0. The van der Waals surface area contributed by atoms with E-state index in [-0.39, 0.29) is 6.04 Å². The minimum atomic E-state index is 0.0801. The summed E-state index contributed by atoms with van der Waals surface area (Å²) in [6.07, 6.45) is 12.0. The van der Waals surface area contributed by atoms with E-state index < -0.39 is 0 Å². The van der Waals surface area contributed by atoms with Crippen LogP contribution in [0, 0.1) is 17.8 Å². The van der Waals surface area contributed by atoms with Crippen molar-refractivity contribution in [2.45, 2.75) is 83.8 Å². The van der Waals surface area contributed by atoms with Gasteiger partial charge in [0, 0.05) is 6.54 Å². The Morgan fingerprint density at radius 1 is 1.19 bits per heavy atom. The van der Waals surface area contributed by atoms with E-state index in [1.54, 1.807) is 0 Å². The fourth-order valence-corrected chi connectivity index (χ4v) is 4.21. The van der Waals surface area contributed by atoms with E-state index in [1.165, 1.54) is 51.4 Å². The lowest BCUT2D eigenvalue weighted by molar-refractivity contribution is -0.131. The predicted molar refractivity (Wildman–Crippen MR) is 85.8 cm³/mol. The molecule has 0 aromatic heterocycles. The quantitative estimate of drug-likeness (QED) is 0.778. The van der Waals surface area contributed by atoms with Gasteiger partial charge < -0.3 is 4.90 Å². The van der Waals surface area contributed by atoms with Crippen molar-refractivity contribution < 1.29 is 4.79 Å². The lowest BCUT2D eigenvalue weighted by Gasteiger charge is -2.29. The molecular formula is C18H32N2O. The fraction of sp³-hybridized carbons (Fsp3) is 0.944. The van der Waals surface area contributed by atoms with Gasteiger partial charge >= 0.3 is 0 Å². The second-order valence-electron chi connectivity index (χ2n) is 7.96. The molecule has 0 bridgehead atoms. The maximum atomic E-state index is 12.8. The van der Waals surface area contributed by atoms with Crippen molar-refractivity contribution in [1.82, 2.24) is 10.2 Å². The van der Waals surface area contributed by atoms with Gasteiger partial charge in [0.25, 0.3) is 0 Å². The van der Waals surface area contributed by atoms with Gasteiger partial charge in [0.2, 0.25) is 5.91 Å². The second-order valence-corrected chi connectivity index (χ2v) is 7.96. The van der Waals surface area contributed by atoms with Gasteiger partial charge in [-0.1, -0.05) is 39.5 Å². The predicted octanol–water partition coefficient (Wildman–Crippen LogP) is 3.54. The highest BCUT2D eigenvalue weighted by Gasteiger charge is 2.42. The van der Waals surface area contributed by atoms with E-state index in [9.17, 15) is 4.79 Å². The van der Waals surface area contributed by atoms with Gasteiger partial charge in [0.15, 0.2) is 0 Å². The lowest BCUT2D eigenvalue weighted by atomic mass is 10.0. The van der Waals surface area contributed by atoms with Crippen LogP contribution in [0.2, 0.25) is 0 Å². The largest absolute Gasteiger partial charge is 0.326 e. The van der Waals surface area contributed by atoms with Gasteiger partial charge in [-0.2, -0.15) is 0 Å². The standard InChI is InChI=1S/C18H32N2O/c1-13(2)12-16-18(21)20(11-5-6-14-9-10-14)17(19-16)15-7-3-4-8-15/h13-17,19H,3-12H2,1-2H3. The molecule has 3 fully saturated rings. The van der Waals surface area contributed by atoms with Crippen LogP contribution in [0.15, 0.2) is 0 Å². The van der Waals surface area contributed by atoms with Crippen LogP contribution in [0.3, 0.4) is 0 Å². The number of carbonyl (C=O) groups excluding carboxylic acids is 1. The van der Waals surface area contributed by atoms with Crippen molar-refractivity contribution in [2.24, 2.45) is 17.8 Å². The molecule has 3 aliphatic rings. The molecule has 21 heavy (non-hydrogen) atoms. The minimum absolute atomic E-state index is 0.0801. The average molecular weight is 292 g/mol. The lowest BCUT2D eigenvalue weighted by Crippen LogP contribution is -2.43. The summed E-state index contributed by atoms with van der Waals surface area (Å²) in [7, 11) is 0. The fourth-order valence-electron chi connectivity index (χ4n) is 4.21. The molecule has 1 amide bonds. The molecule has 1 heterocycles. The van der Waals surface area contributed by atoms with E-state index in [2.05, 4.69) is 24.1 Å². The molecular weight excluding hydrogens is 260 g/mol. The summed E-state index contributed by atoms with van der Waals surface area (Å²) in [5, 5.41) is 3.69. The van der Waals surface area contributed by atoms with Crippen LogP contribution in [0.4, 0.5) is 0 Å². The highest BCUT2D eigenvalue weighted by atomic mass is 16.2. The summed E-state index contributed by atoms with van der Waals surface area (Å²) in [6, 6.07) is 0.0801. The van der Waals surface area contributed by atoms with E-state index in [4.69, 9.17) is 0 Å². The molecule has 1 N–H and O–H groups in total. The van der Waals surface area contributed by atoms with Crippen molar-refractivity contribution in [1.29, 1.82) is 0 Å². The third-order valence-corrected chi connectivity index (χ3v) is 5.55. The normalized spacial score (nSPS) is 30.8. The van der Waals surface area contributed by atoms with Gasteiger partial charge in [0.1, 0.15) is 0 Å². The molecule has 0 radical (unpaired) electrons. The second kappa shape index (κ2) is 6.68. The Kier molecular flexibility index (Phi) is 4.88. The van der Waals surface area contributed by atoms with Crippen molar-refractivity contribution in [3.05, 3.63) is 0 Å². The third kappa shape index (κ3) is 3.80. The molecule has 2 aliphatic carbocycles. The van der Waals surface area contributed by atoms with Crippen LogP contribution in [0.1, 0.15) is 71.6 Å².